The molecule has 104 valence electrons. The van der Waals surface area contributed by atoms with Crippen molar-refractivity contribution in [2.75, 3.05) is 7.11 Å². The van der Waals surface area contributed by atoms with Crippen molar-refractivity contribution in [1.82, 2.24) is 9.38 Å². The average molecular weight is 277 g/mol. The van der Waals surface area contributed by atoms with E-state index in [2.05, 4.69) is 6.07 Å². The molecule has 0 atom stereocenters. The van der Waals surface area contributed by atoms with Crippen molar-refractivity contribution in [2.24, 2.45) is 0 Å². The van der Waals surface area contributed by atoms with Crippen molar-refractivity contribution in [3.05, 3.63) is 53.9 Å². The Balaban J connectivity index is 2.35. The molecule has 0 aliphatic carbocycles. The maximum absolute atomic E-state index is 9.16. The predicted molar refractivity (Wildman–Crippen MR) is 81.2 cm³/mol. The summed E-state index contributed by atoms with van der Waals surface area (Å²) in [5.41, 5.74) is 4.53. The summed E-state index contributed by atoms with van der Waals surface area (Å²) in [6.07, 6.45) is 0.305. The molecule has 1 aromatic carbocycles. The van der Waals surface area contributed by atoms with Gasteiger partial charge in [0.2, 0.25) is 0 Å². The van der Waals surface area contributed by atoms with E-state index in [9.17, 15) is 0 Å². The summed E-state index contributed by atoms with van der Waals surface area (Å²) >= 11 is 0. The minimum atomic E-state index is 0.305. The zero-order valence-corrected chi connectivity index (χ0v) is 12.0. The Morgan fingerprint density at radius 1 is 1.19 bits per heavy atom. The Hall–Kier alpha value is -2.80. The van der Waals surface area contributed by atoms with E-state index in [1.807, 2.05) is 53.8 Å². The van der Waals surface area contributed by atoms with E-state index < -0.39 is 0 Å². The molecular weight excluding hydrogens is 262 g/mol. The highest BCUT2D eigenvalue weighted by Crippen LogP contribution is 2.32. The van der Waals surface area contributed by atoms with Gasteiger partial charge in [0.05, 0.1) is 31.0 Å². The number of hydrogen-bond donors (Lipinski definition) is 0. The van der Waals surface area contributed by atoms with Gasteiger partial charge >= 0.3 is 0 Å². The zero-order valence-electron chi connectivity index (χ0n) is 12.0. The number of para-hydroxylation sites is 1. The van der Waals surface area contributed by atoms with Crippen molar-refractivity contribution >= 4 is 5.65 Å². The van der Waals surface area contributed by atoms with E-state index in [-0.39, 0.29) is 0 Å². The third-order valence-corrected chi connectivity index (χ3v) is 3.54. The summed E-state index contributed by atoms with van der Waals surface area (Å²) in [5.74, 6) is 0.762. The Labute approximate surface area is 123 Å². The van der Waals surface area contributed by atoms with Crippen molar-refractivity contribution in [3.63, 3.8) is 0 Å². The average Bonchev–Trinajstić information content (AvgIpc) is 2.87. The van der Waals surface area contributed by atoms with Gasteiger partial charge in [-0.2, -0.15) is 5.26 Å². The molecule has 3 aromatic rings. The fourth-order valence-electron chi connectivity index (χ4n) is 2.62. The zero-order chi connectivity index (χ0) is 14.8. The normalized spacial score (nSPS) is 10.5. The monoisotopic (exact) mass is 277 g/mol. The van der Waals surface area contributed by atoms with Crippen LogP contribution >= 0.6 is 0 Å². The van der Waals surface area contributed by atoms with Gasteiger partial charge in [0.25, 0.3) is 0 Å². The van der Waals surface area contributed by atoms with Crippen LogP contribution in [0, 0.1) is 18.3 Å². The number of aryl methyl sites for hydroxylation is 1. The first kappa shape index (κ1) is 13.2. The Morgan fingerprint density at radius 3 is 2.76 bits per heavy atom. The van der Waals surface area contributed by atoms with Gasteiger partial charge in [-0.1, -0.05) is 18.2 Å². The van der Waals surface area contributed by atoms with Crippen molar-refractivity contribution in [1.29, 1.82) is 5.26 Å². The maximum Gasteiger partial charge on any atom is 0.137 e. The Morgan fingerprint density at radius 2 is 2.00 bits per heavy atom. The number of benzene rings is 1. The predicted octanol–water partition coefficient (Wildman–Crippen LogP) is 3.38. The van der Waals surface area contributed by atoms with Crippen LogP contribution in [0.4, 0.5) is 0 Å². The van der Waals surface area contributed by atoms with Crippen LogP contribution in [0.3, 0.4) is 0 Å². The highest BCUT2D eigenvalue weighted by atomic mass is 16.5. The van der Waals surface area contributed by atoms with Crippen LogP contribution in [0.25, 0.3) is 16.9 Å². The molecule has 2 aromatic heterocycles. The summed E-state index contributed by atoms with van der Waals surface area (Å²) in [5, 5.41) is 9.16. The maximum atomic E-state index is 9.16. The molecule has 0 spiro atoms. The number of aromatic nitrogens is 2. The fourth-order valence-corrected chi connectivity index (χ4v) is 2.62. The third kappa shape index (κ3) is 2.13. The number of fused-ring (bicyclic) bond motifs is 1. The van der Waals surface area contributed by atoms with Crippen LogP contribution in [0.5, 0.6) is 5.75 Å². The van der Waals surface area contributed by atoms with E-state index in [1.54, 1.807) is 7.11 Å². The quantitative estimate of drug-likeness (QED) is 0.737. The molecule has 0 unspecified atom stereocenters. The number of nitrogens with zero attached hydrogens (tertiary/aromatic N) is 3. The first-order valence-electron chi connectivity index (χ1n) is 6.73. The van der Waals surface area contributed by atoms with E-state index in [1.165, 1.54) is 0 Å². The standard InChI is InChI=1S/C17H15N3O/c1-12-6-5-9-16-19-17(14(10-11-18)20(12)16)13-7-3-4-8-15(13)21-2/h3-9H,10H2,1-2H3. The number of nitriles is 1. The van der Waals surface area contributed by atoms with Crippen LogP contribution < -0.4 is 4.74 Å². The van der Waals surface area contributed by atoms with Crippen LogP contribution in [-0.4, -0.2) is 16.5 Å². The summed E-state index contributed by atoms with van der Waals surface area (Å²) in [6, 6.07) is 15.9. The Bertz CT molecular complexity index is 843. The molecule has 0 radical (unpaired) electrons. The molecule has 0 saturated heterocycles. The van der Waals surface area contributed by atoms with E-state index in [4.69, 9.17) is 15.0 Å². The topological polar surface area (TPSA) is 50.3 Å². The van der Waals surface area contributed by atoms with Gasteiger partial charge in [0.1, 0.15) is 11.4 Å². The summed E-state index contributed by atoms with van der Waals surface area (Å²) < 4.78 is 7.46. The first-order chi connectivity index (χ1) is 10.3. The van der Waals surface area contributed by atoms with Gasteiger partial charge in [-0.25, -0.2) is 4.98 Å². The molecule has 0 bridgehead atoms. The second kappa shape index (κ2) is 5.29. The van der Waals surface area contributed by atoms with E-state index >= 15 is 0 Å². The Kier molecular flexibility index (Phi) is 3.33. The first-order valence-corrected chi connectivity index (χ1v) is 6.73. The number of methoxy groups -OCH3 is 1. The van der Waals surface area contributed by atoms with Crippen molar-refractivity contribution in [3.8, 4) is 23.1 Å². The molecule has 0 fully saturated rings. The molecule has 3 rings (SSSR count). The van der Waals surface area contributed by atoms with Gasteiger partial charge in [-0.3, -0.25) is 4.40 Å². The minimum Gasteiger partial charge on any atom is -0.496 e. The lowest BCUT2D eigenvalue weighted by atomic mass is 10.1. The number of pyridine rings is 1. The lowest BCUT2D eigenvalue weighted by Gasteiger charge is -2.08. The molecule has 0 aliphatic heterocycles. The summed E-state index contributed by atoms with van der Waals surface area (Å²) in [6.45, 7) is 2.02. The molecule has 21 heavy (non-hydrogen) atoms. The lowest BCUT2D eigenvalue weighted by Crippen LogP contribution is -1.97. The minimum absolute atomic E-state index is 0.305. The van der Waals surface area contributed by atoms with Crippen LogP contribution in [0.1, 0.15) is 11.4 Å². The van der Waals surface area contributed by atoms with Crippen molar-refractivity contribution in [2.45, 2.75) is 13.3 Å². The molecule has 0 amide bonds. The van der Waals surface area contributed by atoms with Crippen LogP contribution in [-0.2, 0) is 6.42 Å². The summed E-state index contributed by atoms with van der Waals surface area (Å²) in [7, 11) is 1.64. The molecule has 4 heteroatoms. The molecule has 0 saturated carbocycles. The van der Waals surface area contributed by atoms with E-state index in [0.29, 0.717) is 6.42 Å². The third-order valence-electron chi connectivity index (χ3n) is 3.54. The number of ether oxygens (including phenoxy) is 1. The molecule has 2 heterocycles. The molecular formula is C17H15N3O. The fraction of sp³-hybridized carbons (Fsp3) is 0.176. The van der Waals surface area contributed by atoms with Gasteiger partial charge < -0.3 is 4.74 Å². The van der Waals surface area contributed by atoms with Gasteiger partial charge in [-0.15, -0.1) is 0 Å². The highest BCUT2D eigenvalue weighted by Gasteiger charge is 2.17. The summed E-state index contributed by atoms with van der Waals surface area (Å²) in [4.78, 5) is 4.70. The van der Waals surface area contributed by atoms with Gasteiger partial charge in [-0.05, 0) is 31.2 Å². The van der Waals surface area contributed by atoms with Crippen molar-refractivity contribution < 1.29 is 4.74 Å². The van der Waals surface area contributed by atoms with Crippen LogP contribution in [0.2, 0.25) is 0 Å². The second-order valence-electron chi connectivity index (χ2n) is 4.80. The molecule has 4 nitrogen and oxygen atoms in total. The lowest BCUT2D eigenvalue weighted by molar-refractivity contribution is 0.416. The smallest absolute Gasteiger partial charge is 0.137 e. The number of imidazole rings is 1. The largest absolute Gasteiger partial charge is 0.496 e. The highest BCUT2D eigenvalue weighted by molar-refractivity contribution is 5.72. The second-order valence-corrected chi connectivity index (χ2v) is 4.80. The number of hydrogen-bond acceptors (Lipinski definition) is 3. The SMILES string of the molecule is COc1ccccc1-c1nc2cccc(C)n2c1CC#N. The van der Waals surface area contributed by atoms with Gasteiger partial charge in [0, 0.05) is 11.3 Å². The van der Waals surface area contributed by atoms with E-state index in [0.717, 1.165) is 34.0 Å². The number of rotatable bonds is 3. The molecule has 0 aliphatic rings. The van der Waals surface area contributed by atoms with Crippen LogP contribution in [0.15, 0.2) is 42.5 Å². The van der Waals surface area contributed by atoms with Gasteiger partial charge in [0.15, 0.2) is 0 Å². The molecule has 0 N–H and O–H groups in total.